The summed E-state index contributed by atoms with van der Waals surface area (Å²) in [5.41, 5.74) is 0. The molecule has 9 heteroatoms. The van der Waals surface area contributed by atoms with Crippen LogP contribution in [0.1, 0.15) is 30.4 Å². The SMILES string of the molecule is CN1CCCC(c2nnc3n2CCN(S(=O)(=O)c2ccccc2Cl)C3)C1. The summed E-state index contributed by atoms with van der Waals surface area (Å²) in [6.07, 6.45) is 2.25. The van der Waals surface area contributed by atoms with E-state index in [-0.39, 0.29) is 16.5 Å². The molecule has 0 saturated carbocycles. The van der Waals surface area contributed by atoms with E-state index in [0.29, 0.717) is 24.8 Å². The minimum Gasteiger partial charge on any atom is -0.312 e. The van der Waals surface area contributed by atoms with Gasteiger partial charge in [0.1, 0.15) is 16.5 Å². The van der Waals surface area contributed by atoms with Gasteiger partial charge in [-0.15, -0.1) is 10.2 Å². The van der Waals surface area contributed by atoms with Crippen molar-refractivity contribution in [1.29, 1.82) is 0 Å². The van der Waals surface area contributed by atoms with Crippen molar-refractivity contribution in [3.05, 3.63) is 40.9 Å². The van der Waals surface area contributed by atoms with Crippen molar-refractivity contribution in [1.82, 2.24) is 24.0 Å². The molecule has 0 spiro atoms. The molecule has 7 nitrogen and oxygen atoms in total. The summed E-state index contributed by atoms with van der Waals surface area (Å²) in [5.74, 6) is 2.05. The van der Waals surface area contributed by atoms with E-state index in [1.54, 1.807) is 24.3 Å². The monoisotopic (exact) mass is 395 g/mol. The van der Waals surface area contributed by atoms with Crippen molar-refractivity contribution in [3.63, 3.8) is 0 Å². The molecule has 1 unspecified atom stereocenters. The second kappa shape index (κ2) is 6.92. The number of halogens is 1. The number of aromatic nitrogens is 3. The Labute approximate surface area is 158 Å². The van der Waals surface area contributed by atoms with Crippen LogP contribution in [-0.4, -0.2) is 59.1 Å². The Hall–Kier alpha value is -1.48. The lowest BCUT2D eigenvalue weighted by molar-refractivity contribution is 0.239. The quantitative estimate of drug-likeness (QED) is 0.794. The first kappa shape index (κ1) is 17.9. The lowest BCUT2D eigenvalue weighted by Gasteiger charge is -2.31. The van der Waals surface area contributed by atoms with Gasteiger partial charge < -0.3 is 9.47 Å². The van der Waals surface area contributed by atoms with Crippen LogP contribution in [0.15, 0.2) is 29.2 Å². The van der Waals surface area contributed by atoms with Gasteiger partial charge in [-0.25, -0.2) is 8.42 Å². The Morgan fingerprint density at radius 2 is 1.96 bits per heavy atom. The largest absolute Gasteiger partial charge is 0.312 e. The summed E-state index contributed by atoms with van der Waals surface area (Å²) in [5, 5.41) is 8.93. The average Bonchev–Trinajstić information content (AvgIpc) is 3.05. The van der Waals surface area contributed by atoms with Crippen LogP contribution in [0.4, 0.5) is 0 Å². The van der Waals surface area contributed by atoms with Gasteiger partial charge in [-0.05, 0) is 38.6 Å². The maximum atomic E-state index is 12.9. The molecule has 2 aliphatic heterocycles. The Morgan fingerprint density at radius 3 is 2.73 bits per heavy atom. The minimum absolute atomic E-state index is 0.142. The molecule has 0 bridgehead atoms. The van der Waals surface area contributed by atoms with Crippen LogP contribution in [0.25, 0.3) is 0 Å². The third-order valence-corrected chi connectivity index (χ3v) is 7.54. The summed E-state index contributed by atoms with van der Waals surface area (Å²) >= 11 is 6.10. The van der Waals surface area contributed by atoms with Crippen molar-refractivity contribution in [2.24, 2.45) is 0 Å². The van der Waals surface area contributed by atoms with Crippen LogP contribution < -0.4 is 0 Å². The molecule has 3 heterocycles. The second-order valence-electron chi connectivity index (χ2n) is 7.00. The zero-order valence-electron chi connectivity index (χ0n) is 14.7. The van der Waals surface area contributed by atoms with Crippen molar-refractivity contribution >= 4 is 21.6 Å². The van der Waals surface area contributed by atoms with E-state index in [1.165, 1.54) is 4.31 Å². The molecule has 1 aromatic heterocycles. The van der Waals surface area contributed by atoms with Crippen LogP contribution >= 0.6 is 11.6 Å². The van der Waals surface area contributed by atoms with E-state index < -0.39 is 10.0 Å². The number of benzene rings is 1. The fourth-order valence-corrected chi connectivity index (χ4v) is 5.71. The Bertz CT molecular complexity index is 914. The average molecular weight is 396 g/mol. The standard InChI is InChI=1S/C17H22ClN5O2S/c1-21-8-4-5-13(11-21)17-20-19-16-12-22(9-10-23(16)17)26(24,25)15-7-3-2-6-14(15)18/h2-3,6-7,13H,4-5,8-12H2,1H3. The number of likely N-dealkylation sites (N-methyl/N-ethyl adjacent to an activating group) is 1. The summed E-state index contributed by atoms with van der Waals surface area (Å²) < 4.78 is 29.4. The molecule has 0 N–H and O–H groups in total. The minimum atomic E-state index is -3.65. The normalized spacial score (nSPS) is 22.3. The molecule has 1 atom stereocenters. The molecule has 140 valence electrons. The molecule has 4 rings (SSSR count). The predicted molar refractivity (Wildman–Crippen MR) is 98.5 cm³/mol. The lowest BCUT2D eigenvalue weighted by Crippen LogP contribution is -2.39. The van der Waals surface area contributed by atoms with Crippen LogP contribution in [0.2, 0.25) is 5.02 Å². The topological polar surface area (TPSA) is 71.3 Å². The zero-order valence-corrected chi connectivity index (χ0v) is 16.2. The fraction of sp³-hybridized carbons (Fsp3) is 0.529. The second-order valence-corrected chi connectivity index (χ2v) is 9.31. The van der Waals surface area contributed by atoms with Gasteiger partial charge in [-0.3, -0.25) is 0 Å². The molecule has 0 radical (unpaired) electrons. The van der Waals surface area contributed by atoms with Gasteiger partial charge in [0, 0.05) is 25.6 Å². The number of nitrogens with zero attached hydrogens (tertiary/aromatic N) is 5. The molecule has 1 saturated heterocycles. The first-order chi connectivity index (χ1) is 12.5. The first-order valence-electron chi connectivity index (χ1n) is 8.82. The summed E-state index contributed by atoms with van der Waals surface area (Å²) in [4.78, 5) is 2.45. The van der Waals surface area contributed by atoms with Gasteiger partial charge in [0.25, 0.3) is 0 Å². The summed E-state index contributed by atoms with van der Waals surface area (Å²) in [6, 6.07) is 6.55. The third-order valence-electron chi connectivity index (χ3n) is 5.19. The van der Waals surface area contributed by atoms with Gasteiger partial charge in [0.2, 0.25) is 10.0 Å². The number of fused-ring (bicyclic) bond motifs is 1. The molecule has 2 aliphatic rings. The molecule has 1 fully saturated rings. The highest BCUT2D eigenvalue weighted by atomic mass is 35.5. The highest BCUT2D eigenvalue weighted by Crippen LogP contribution is 2.30. The van der Waals surface area contributed by atoms with Crippen LogP contribution in [0.5, 0.6) is 0 Å². The van der Waals surface area contributed by atoms with Crippen molar-refractivity contribution in [2.75, 3.05) is 26.7 Å². The van der Waals surface area contributed by atoms with E-state index in [9.17, 15) is 8.42 Å². The molecule has 0 aliphatic carbocycles. The molecule has 26 heavy (non-hydrogen) atoms. The maximum Gasteiger partial charge on any atom is 0.245 e. The van der Waals surface area contributed by atoms with Gasteiger partial charge in [-0.1, -0.05) is 23.7 Å². The van der Waals surface area contributed by atoms with Crippen molar-refractivity contribution in [3.8, 4) is 0 Å². The van der Waals surface area contributed by atoms with E-state index in [0.717, 1.165) is 31.8 Å². The number of hydrogen-bond acceptors (Lipinski definition) is 5. The van der Waals surface area contributed by atoms with E-state index in [4.69, 9.17) is 11.6 Å². The van der Waals surface area contributed by atoms with Gasteiger partial charge >= 0.3 is 0 Å². The number of rotatable bonds is 3. The third kappa shape index (κ3) is 3.15. The molecule has 0 amide bonds. The number of likely N-dealkylation sites (tertiary alicyclic amines) is 1. The number of hydrogen-bond donors (Lipinski definition) is 0. The van der Waals surface area contributed by atoms with Crippen LogP contribution in [0, 0.1) is 0 Å². The fourth-order valence-electron chi connectivity index (χ4n) is 3.84. The van der Waals surface area contributed by atoms with Crippen LogP contribution in [-0.2, 0) is 23.1 Å². The molecular formula is C17H22ClN5O2S. The van der Waals surface area contributed by atoms with Crippen LogP contribution in [0.3, 0.4) is 0 Å². The maximum absolute atomic E-state index is 12.9. The highest BCUT2D eigenvalue weighted by Gasteiger charge is 2.33. The van der Waals surface area contributed by atoms with E-state index >= 15 is 0 Å². The smallest absolute Gasteiger partial charge is 0.245 e. The van der Waals surface area contributed by atoms with Gasteiger partial charge in [0.05, 0.1) is 11.6 Å². The van der Waals surface area contributed by atoms with E-state index in [1.807, 2.05) is 0 Å². The zero-order chi connectivity index (χ0) is 18.3. The summed E-state index contributed by atoms with van der Waals surface area (Å²) in [6.45, 7) is 3.28. The first-order valence-corrected chi connectivity index (χ1v) is 10.6. The van der Waals surface area contributed by atoms with E-state index in [2.05, 4.69) is 26.7 Å². The Morgan fingerprint density at radius 1 is 1.15 bits per heavy atom. The molecule has 1 aromatic carbocycles. The number of sulfonamides is 1. The lowest BCUT2D eigenvalue weighted by atomic mass is 9.97. The molecule has 2 aromatic rings. The summed E-state index contributed by atoms with van der Waals surface area (Å²) in [7, 11) is -1.53. The Kier molecular flexibility index (Phi) is 4.77. The number of piperidine rings is 1. The molecular weight excluding hydrogens is 374 g/mol. The van der Waals surface area contributed by atoms with Gasteiger partial charge in [-0.2, -0.15) is 4.31 Å². The van der Waals surface area contributed by atoms with Crippen molar-refractivity contribution < 1.29 is 8.42 Å². The van der Waals surface area contributed by atoms with Gasteiger partial charge in [0.15, 0.2) is 0 Å². The highest BCUT2D eigenvalue weighted by molar-refractivity contribution is 7.89. The van der Waals surface area contributed by atoms with Crippen molar-refractivity contribution in [2.45, 2.75) is 36.7 Å². The predicted octanol–water partition coefficient (Wildman–Crippen LogP) is 1.95. The Balaban J connectivity index is 1.59.